The van der Waals surface area contributed by atoms with Gasteiger partial charge in [0.25, 0.3) is 0 Å². The van der Waals surface area contributed by atoms with Gasteiger partial charge in [-0.05, 0) is 84.9 Å². The molecule has 1 N–H and O–H groups in total. The van der Waals surface area contributed by atoms with Gasteiger partial charge in [0.05, 0.1) is 22.8 Å². The highest BCUT2D eigenvalue weighted by molar-refractivity contribution is 6.31. The molecule has 0 aromatic heterocycles. The van der Waals surface area contributed by atoms with E-state index in [-0.39, 0.29) is 27.5 Å². The van der Waals surface area contributed by atoms with Gasteiger partial charge in [-0.25, -0.2) is 8.78 Å². The van der Waals surface area contributed by atoms with E-state index in [2.05, 4.69) is 26.1 Å². The fraction of sp³-hybridized carbons (Fsp3) is 0.394. The van der Waals surface area contributed by atoms with Crippen LogP contribution in [0.3, 0.4) is 0 Å². The Morgan fingerprint density at radius 2 is 1.71 bits per heavy atom. The van der Waals surface area contributed by atoms with Gasteiger partial charge in [0.15, 0.2) is 5.78 Å². The molecule has 1 amide bonds. The lowest BCUT2D eigenvalue weighted by Gasteiger charge is -2.23. The number of anilines is 1. The molecule has 0 radical (unpaired) electrons. The minimum absolute atomic E-state index is 0.0472. The molecule has 8 heteroatoms. The molecule has 3 aromatic rings. The van der Waals surface area contributed by atoms with Crippen molar-refractivity contribution in [2.24, 2.45) is 11.3 Å². The molecule has 1 aliphatic carbocycles. The van der Waals surface area contributed by atoms with E-state index in [0.29, 0.717) is 41.2 Å². The monoisotopic (exact) mass is 605 g/mol. The van der Waals surface area contributed by atoms with Crippen molar-refractivity contribution < 1.29 is 23.1 Å². The van der Waals surface area contributed by atoms with Crippen LogP contribution < -0.4 is 10.1 Å². The summed E-state index contributed by atoms with van der Waals surface area (Å²) in [6, 6.07) is 16.4. The van der Waals surface area contributed by atoms with Gasteiger partial charge in [0.2, 0.25) is 6.41 Å². The lowest BCUT2D eigenvalue weighted by Crippen LogP contribution is -2.11. The predicted octanol–water partition coefficient (Wildman–Crippen LogP) is 10.1. The average molecular weight is 607 g/mol. The molecule has 222 valence electrons. The number of halogens is 4. The van der Waals surface area contributed by atoms with Gasteiger partial charge < -0.3 is 10.1 Å². The smallest absolute Gasteiger partial charge is 0.211 e. The summed E-state index contributed by atoms with van der Waals surface area (Å²) in [6.45, 7) is 8.63. The lowest BCUT2D eigenvalue weighted by molar-refractivity contribution is -0.105. The van der Waals surface area contributed by atoms with Crippen LogP contribution in [-0.2, 0) is 4.79 Å². The Labute approximate surface area is 252 Å². The van der Waals surface area contributed by atoms with Gasteiger partial charge in [-0.15, -0.1) is 0 Å². The number of methoxy groups -OCH3 is 1. The fourth-order valence-electron chi connectivity index (χ4n) is 4.94. The molecule has 41 heavy (non-hydrogen) atoms. The van der Waals surface area contributed by atoms with Crippen LogP contribution >= 0.6 is 23.2 Å². The predicted molar refractivity (Wildman–Crippen MR) is 164 cm³/mol. The number of ether oxygens (including phenoxy) is 1. The summed E-state index contributed by atoms with van der Waals surface area (Å²) in [7, 11) is 1.49. The van der Waals surface area contributed by atoms with Crippen molar-refractivity contribution in [2.45, 2.75) is 65.7 Å². The number of carbonyl (C=O) groups is 2. The van der Waals surface area contributed by atoms with Crippen LogP contribution in [0.4, 0.5) is 14.5 Å². The summed E-state index contributed by atoms with van der Waals surface area (Å²) in [5.74, 6) is 1.05. The molecule has 0 heterocycles. The zero-order chi connectivity index (χ0) is 30.6. The van der Waals surface area contributed by atoms with Crippen LogP contribution in [0.25, 0.3) is 0 Å². The topological polar surface area (TPSA) is 55.4 Å². The van der Waals surface area contributed by atoms with Crippen molar-refractivity contribution >= 4 is 41.1 Å². The van der Waals surface area contributed by atoms with Crippen LogP contribution in [-0.4, -0.2) is 19.3 Å². The van der Waals surface area contributed by atoms with E-state index < -0.39 is 0 Å². The Morgan fingerprint density at radius 1 is 1.02 bits per heavy atom. The molecular formula is C33H39Cl2F2NO3. The second kappa shape index (κ2) is 16.5. The molecular weight excluding hydrogens is 567 g/mol. The Balaban J connectivity index is 0.000000230. The van der Waals surface area contributed by atoms with Crippen molar-refractivity contribution in [1.29, 1.82) is 0 Å². The maximum absolute atomic E-state index is 14.0. The SMILES string of the molecule is CC(C)(C)CC1CCC(c2cccc(Cl)c2F)C1.CCC(=O)c1ccc(NC=O)c(OC)c1.Fc1ccccc1Cl. The summed E-state index contributed by atoms with van der Waals surface area (Å²) in [6.07, 6.45) is 5.66. The molecule has 4 rings (SSSR count). The molecule has 1 fully saturated rings. The number of benzene rings is 3. The third kappa shape index (κ3) is 11.1. The third-order valence-electron chi connectivity index (χ3n) is 6.75. The Morgan fingerprint density at radius 3 is 2.27 bits per heavy atom. The highest BCUT2D eigenvalue weighted by atomic mass is 35.5. The Bertz CT molecular complexity index is 1270. The number of hydrogen-bond donors (Lipinski definition) is 1. The summed E-state index contributed by atoms with van der Waals surface area (Å²) in [5.41, 5.74) is 2.33. The number of Topliss-reactive ketones (excluding diaryl/α,β-unsaturated/α-hetero) is 1. The van der Waals surface area contributed by atoms with E-state index in [4.69, 9.17) is 27.9 Å². The van der Waals surface area contributed by atoms with E-state index in [9.17, 15) is 18.4 Å². The molecule has 1 aliphatic rings. The number of nitrogens with one attached hydrogen (secondary N) is 1. The second-order valence-electron chi connectivity index (χ2n) is 11.2. The first-order valence-electron chi connectivity index (χ1n) is 13.7. The number of amides is 1. The summed E-state index contributed by atoms with van der Waals surface area (Å²) in [4.78, 5) is 21.7. The summed E-state index contributed by atoms with van der Waals surface area (Å²) >= 11 is 11.2. The van der Waals surface area contributed by atoms with Crippen molar-refractivity contribution in [3.63, 3.8) is 0 Å². The molecule has 0 spiro atoms. The number of ketones is 1. The van der Waals surface area contributed by atoms with Crippen molar-refractivity contribution in [3.8, 4) is 5.75 Å². The zero-order valence-electron chi connectivity index (χ0n) is 24.3. The van der Waals surface area contributed by atoms with E-state index in [1.807, 2.05) is 12.1 Å². The molecule has 0 aliphatic heterocycles. The standard InChI is InChI=1S/C16H22ClF.C11H13NO3.C6H4ClF/c1-16(2,3)10-11-7-8-12(9-11)13-5-4-6-14(17)15(13)18;1-3-10(14)8-4-5-9(12-7-13)11(6-8)15-2;7-5-3-1-2-4-6(5)8/h4-6,11-12H,7-10H2,1-3H3;4-7H,3H2,1-2H3,(H,12,13);1-4H. The Kier molecular flexibility index (Phi) is 13.8. The van der Waals surface area contributed by atoms with Gasteiger partial charge in [0.1, 0.15) is 17.4 Å². The summed E-state index contributed by atoms with van der Waals surface area (Å²) in [5, 5.41) is 2.92. The zero-order valence-corrected chi connectivity index (χ0v) is 25.8. The third-order valence-corrected chi connectivity index (χ3v) is 7.35. The maximum Gasteiger partial charge on any atom is 0.211 e. The number of rotatable bonds is 7. The number of hydrogen-bond acceptors (Lipinski definition) is 3. The molecule has 3 aromatic carbocycles. The quantitative estimate of drug-likeness (QED) is 0.215. The van der Waals surface area contributed by atoms with Crippen LogP contribution in [0.1, 0.15) is 81.6 Å². The van der Waals surface area contributed by atoms with Crippen LogP contribution in [0, 0.1) is 23.0 Å². The van der Waals surface area contributed by atoms with Gasteiger partial charge >= 0.3 is 0 Å². The van der Waals surface area contributed by atoms with E-state index in [1.165, 1.54) is 32.1 Å². The van der Waals surface area contributed by atoms with Gasteiger partial charge in [-0.2, -0.15) is 0 Å². The summed E-state index contributed by atoms with van der Waals surface area (Å²) < 4.78 is 31.2. The molecule has 2 unspecified atom stereocenters. The van der Waals surface area contributed by atoms with Crippen LogP contribution in [0.15, 0.2) is 60.7 Å². The maximum atomic E-state index is 14.0. The van der Waals surface area contributed by atoms with Crippen molar-refractivity contribution in [1.82, 2.24) is 0 Å². The van der Waals surface area contributed by atoms with Crippen molar-refractivity contribution in [2.75, 3.05) is 12.4 Å². The first kappa shape index (κ1) is 34.2. The number of carbonyl (C=O) groups excluding carboxylic acids is 2. The molecule has 0 bridgehead atoms. The molecule has 0 saturated heterocycles. The van der Waals surface area contributed by atoms with E-state index in [1.54, 1.807) is 43.3 Å². The molecule has 2 atom stereocenters. The minimum Gasteiger partial charge on any atom is -0.495 e. The first-order valence-corrected chi connectivity index (χ1v) is 14.4. The molecule has 4 nitrogen and oxygen atoms in total. The fourth-order valence-corrected chi connectivity index (χ4v) is 5.25. The van der Waals surface area contributed by atoms with Crippen molar-refractivity contribution in [3.05, 3.63) is 93.5 Å². The highest BCUT2D eigenvalue weighted by Crippen LogP contribution is 2.44. The highest BCUT2D eigenvalue weighted by Gasteiger charge is 2.30. The first-order chi connectivity index (χ1) is 19.4. The van der Waals surface area contributed by atoms with Crippen LogP contribution in [0.2, 0.25) is 10.0 Å². The lowest BCUT2D eigenvalue weighted by atomic mass is 9.83. The average Bonchev–Trinajstić information content (AvgIpc) is 3.39. The van der Waals surface area contributed by atoms with Gasteiger partial charge in [-0.1, -0.05) is 75.2 Å². The Hall–Kier alpha value is -2.96. The van der Waals surface area contributed by atoms with Gasteiger partial charge in [-0.3, -0.25) is 9.59 Å². The molecule has 1 saturated carbocycles. The van der Waals surface area contributed by atoms with E-state index >= 15 is 0 Å². The van der Waals surface area contributed by atoms with E-state index in [0.717, 1.165) is 24.3 Å². The normalized spacial score (nSPS) is 16.0. The minimum atomic E-state index is -0.367. The second-order valence-corrected chi connectivity index (χ2v) is 12.0. The van der Waals surface area contributed by atoms with Gasteiger partial charge in [0, 0.05) is 12.0 Å². The van der Waals surface area contributed by atoms with Crippen LogP contribution in [0.5, 0.6) is 5.75 Å². The largest absolute Gasteiger partial charge is 0.495 e.